The Balaban J connectivity index is 1.71. The lowest BCUT2D eigenvalue weighted by molar-refractivity contribution is 0.414. The molecule has 0 bridgehead atoms. The van der Waals surface area contributed by atoms with Gasteiger partial charge < -0.3 is 9.15 Å². The fourth-order valence-corrected chi connectivity index (χ4v) is 3.27. The van der Waals surface area contributed by atoms with Crippen molar-refractivity contribution in [2.45, 2.75) is 9.92 Å². The van der Waals surface area contributed by atoms with E-state index in [0.717, 1.165) is 32.4 Å². The van der Waals surface area contributed by atoms with Gasteiger partial charge in [0.15, 0.2) is 0 Å². The normalized spacial score (nSPS) is 10.9. The standard InChI is InChI=1S/C19H14N2O2S/c1-22-14-7-9-15(10-8-14)24-19-16-11-17(13-5-3-2-4-6-13)23-18(16)20-12-21-19/h2-12H,1H3. The fourth-order valence-electron chi connectivity index (χ4n) is 2.42. The first-order valence-electron chi connectivity index (χ1n) is 7.45. The summed E-state index contributed by atoms with van der Waals surface area (Å²) in [4.78, 5) is 9.74. The molecular weight excluding hydrogens is 320 g/mol. The summed E-state index contributed by atoms with van der Waals surface area (Å²) in [6.45, 7) is 0. The number of aromatic nitrogens is 2. The minimum absolute atomic E-state index is 0.597. The van der Waals surface area contributed by atoms with E-state index in [2.05, 4.69) is 9.97 Å². The number of benzene rings is 2. The highest BCUT2D eigenvalue weighted by molar-refractivity contribution is 7.99. The molecule has 0 atom stereocenters. The molecule has 24 heavy (non-hydrogen) atoms. The van der Waals surface area contributed by atoms with E-state index >= 15 is 0 Å². The van der Waals surface area contributed by atoms with Crippen LogP contribution in [0.5, 0.6) is 5.75 Å². The highest BCUT2D eigenvalue weighted by Gasteiger charge is 2.12. The van der Waals surface area contributed by atoms with Crippen LogP contribution in [0.1, 0.15) is 0 Å². The summed E-state index contributed by atoms with van der Waals surface area (Å²) in [7, 11) is 1.66. The summed E-state index contributed by atoms with van der Waals surface area (Å²) < 4.78 is 11.1. The Kier molecular flexibility index (Phi) is 3.92. The van der Waals surface area contributed by atoms with Gasteiger partial charge in [-0.2, -0.15) is 0 Å². The summed E-state index contributed by atoms with van der Waals surface area (Å²) in [5, 5.41) is 1.79. The van der Waals surface area contributed by atoms with Crippen LogP contribution in [0.4, 0.5) is 0 Å². The third-order valence-corrected chi connectivity index (χ3v) is 4.65. The minimum atomic E-state index is 0.597. The first kappa shape index (κ1) is 14.8. The van der Waals surface area contributed by atoms with Gasteiger partial charge in [-0.1, -0.05) is 42.1 Å². The lowest BCUT2D eigenvalue weighted by atomic mass is 10.2. The fraction of sp³-hybridized carbons (Fsp3) is 0.0526. The Bertz CT molecular complexity index is 966. The highest BCUT2D eigenvalue weighted by atomic mass is 32.2. The maximum atomic E-state index is 5.88. The molecular formula is C19H14N2O2S. The van der Waals surface area contributed by atoms with Gasteiger partial charge in [-0.15, -0.1) is 0 Å². The maximum absolute atomic E-state index is 5.88. The molecule has 4 rings (SSSR count). The van der Waals surface area contributed by atoms with Crippen LogP contribution < -0.4 is 4.74 Å². The van der Waals surface area contributed by atoms with Crippen molar-refractivity contribution in [1.82, 2.24) is 9.97 Å². The molecule has 0 unspecified atom stereocenters. The van der Waals surface area contributed by atoms with Crippen LogP contribution in [-0.2, 0) is 0 Å². The summed E-state index contributed by atoms with van der Waals surface area (Å²) >= 11 is 1.58. The lowest BCUT2D eigenvalue weighted by Crippen LogP contribution is -1.84. The van der Waals surface area contributed by atoms with E-state index in [1.54, 1.807) is 18.9 Å². The summed E-state index contributed by atoms with van der Waals surface area (Å²) in [6.07, 6.45) is 1.53. The molecule has 4 aromatic rings. The van der Waals surface area contributed by atoms with E-state index in [1.165, 1.54) is 6.33 Å². The molecule has 0 fully saturated rings. The van der Waals surface area contributed by atoms with Gasteiger partial charge in [0.1, 0.15) is 22.9 Å². The average Bonchev–Trinajstić information content (AvgIpc) is 3.08. The number of methoxy groups -OCH3 is 1. The van der Waals surface area contributed by atoms with E-state index in [9.17, 15) is 0 Å². The highest BCUT2D eigenvalue weighted by Crippen LogP contribution is 2.35. The number of nitrogens with zero attached hydrogens (tertiary/aromatic N) is 2. The predicted octanol–water partition coefficient (Wildman–Crippen LogP) is 5.05. The largest absolute Gasteiger partial charge is 0.497 e. The number of fused-ring (bicyclic) bond motifs is 1. The number of furan rings is 1. The van der Waals surface area contributed by atoms with Gasteiger partial charge in [0.25, 0.3) is 0 Å². The number of hydrogen-bond acceptors (Lipinski definition) is 5. The second kappa shape index (κ2) is 6.37. The van der Waals surface area contributed by atoms with Crippen LogP contribution in [0.2, 0.25) is 0 Å². The summed E-state index contributed by atoms with van der Waals surface area (Å²) in [5.74, 6) is 1.63. The van der Waals surface area contributed by atoms with Crippen molar-refractivity contribution in [2.75, 3.05) is 7.11 Å². The topological polar surface area (TPSA) is 48.2 Å². The molecule has 2 aromatic carbocycles. The third-order valence-electron chi connectivity index (χ3n) is 3.63. The maximum Gasteiger partial charge on any atom is 0.230 e. The van der Waals surface area contributed by atoms with Gasteiger partial charge >= 0.3 is 0 Å². The third kappa shape index (κ3) is 2.86. The van der Waals surface area contributed by atoms with Crippen molar-refractivity contribution >= 4 is 22.9 Å². The van der Waals surface area contributed by atoms with Gasteiger partial charge in [-0.05, 0) is 30.3 Å². The number of rotatable bonds is 4. The molecule has 0 radical (unpaired) electrons. The van der Waals surface area contributed by atoms with Crippen molar-refractivity contribution in [1.29, 1.82) is 0 Å². The molecule has 0 aliphatic heterocycles. The van der Waals surface area contributed by atoms with Gasteiger partial charge in [0, 0.05) is 10.5 Å². The van der Waals surface area contributed by atoms with Crippen LogP contribution in [0.15, 0.2) is 81.3 Å². The Morgan fingerprint density at radius 1 is 0.958 bits per heavy atom. The molecule has 0 aliphatic carbocycles. The molecule has 0 spiro atoms. The van der Waals surface area contributed by atoms with Crippen molar-refractivity contribution < 1.29 is 9.15 Å². The molecule has 5 heteroatoms. The van der Waals surface area contributed by atoms with Crippen LogP contribution in [0.3, 0.4) is 0 Å². The van der Waals surface area contributed by atoms with E-state index in [0.29, 0.717) is 5.71 Å². The smallest absolute Gasteiger partial charge is 0.230 e. The molecule has 2 aromatic heterocycles. The van der Waals surface area contributed by atoms with E-state index in [1.807, 2.05) is 60.7 Å². The van der Waals surface area contributed by atoms with E-state index in [4.69, 9.17) is 9.15 Å². The quantitative estimate of drug-likeness (QED) is 0.489. The van der Waals surface area contributed by atoms with Crippen LogP contribution in [0, 0.1) is 0 Å². The van der Waals surface area contributed by atoms with Crippen molar-refractivity contribution in [3.8, 4) is 17.1 Å². The zero-order chi connectivity index (χ0) is 16.4. The Morgan fingerprint density at radius 3 is 2.50 bits per heavy atom. The van der Waals surface area contributed by atoms with Crippen LogP contribution in [-0.4, -0.2) is 17.1 Å². The minimum Gasteiger partial charge on any atom is -0.497 e. The molecule has 0 N–H and O–H groups in total. The zero-order valence-corrected chi connectivity index (χ0v) is 13.8. The van der Waals surface area contributed by atoms with Gasteiger partial charge in [-0.3, -0.25) is 0 Å². The number of ether oxygens (including phenoxy) is 1. The number of hydrogen-bond donors (Lipinski definition) is 0. The van der Waals surface area contributed by atoms with E-state index in [-0.39, 0.29) is 0 Å². The second-order valence-electron chi connectivity index (χ2n) is 5.15. The SMILES string of the molecule is COc1ccc(Sc2ncnc3oc(-c4ccccc4)cc23)cc1. The monoisotopic (exact) mass is 334 g/mol. The molecule has 0 aliphatic rings. The lowest BCUT2D eigenvalue weighted by Gasteiger charge is -2.03. The molecule has 118 valence electrons. The van der Waals surface area contributed by atoms with E-state index < -0.39 is 0 Å². The Morgan fingerprint density at radius 2 is 1.75 bits per heavy atom. The van der Waals surface area contributed by atoms with Crippen molar-refractivity contribution in [3.05, 3.63) is 67.0 Å². The summed E-state index contributed by atoms with van der Waals surface area (Å²) in [5.41, 5.74) is 1.62. The zero-order valence-electron chi connectivity index (χ0n) is 13.0. The van der Waals surface area contributed by atoms with Gasteiger partial charge in [0.05, 0.1) is 12.5 Å². The van der Waals surface area contributed by atoms with Crippen molar-refractivity contribution in [3.63, 3.8) is 0 Å². The van der Waals surface area contributed by atoms with Gasteiger partial charge in [-0.25, -0.2) is 9.97 Å². The average molecular weight is 334 g/mol. The first-order chi connectivity index (χ1) is 11.8. The Hall–Kier alpha value is -2.79. The Labute approximate surface area is 143 Å². The van der Waals surface area contributed by atoms with Gasteiger partial charge in [0.2, 0.25) is 5.71 Å². The predicted molar refractivity (Wildman–Crippen MR) is 94.4 cm³/mol. The van der Waals surface area contributed by atoms with Crippen molar-refractivity contribution in [2.24, 2.45) is 0 Å². The van der Waals surface area contributed by atoms with Crippen LogP contribution >= 0.6 is 11.8 Å². The summed E-state index contributed by atoms with van der Waals surface area (Å²) in [6, 6.07) is 19.9. The molecule has 0 saturated carbocycles. The first-order valence-corrected chi connectivity index (χ1v) is 8.27. The molecule has 0 amide bonds. The molecule has 0 saturated heterocycles. The molecule has 2 heterocycles. The van der Waals surface area contributed by atoms with Crippen LogP contribution in [0.25, 0.3) is 22.4 Å². The molecule has 4 nitrogen and oxygen atoms in total. The second-order valence-corrected chi connectivity index (χ2v) is 6.21.